The topological polar surface area (TPSA) is 129 Å². The van der Waals surface area contributed by atoms with Gasteiger partial charge in [-0.3, -0.25) is 4.98 Å². The molecule has 0 amide bonds. The summed E-state index contributed by atoms with van der Waals surface area (Å²) in [5, 5.41) is 39.2. The van der Waals surface area contributed by atoms with Crippen LogP contribution in [0.15, 0.2) is 36.5 Å². The molecule has 3 rings (SSSR count). The zero-order valence-electron chi connectivity index (χ0n) is 11.8. The number of carboxylic acids is 1. The standard InChI is InChI=1S/C15H15NO7/c17-10-11(18)13(14(20)21)23-15(12(10)19)22-8-5-1-3-7-4-2-6-16-9(7)8/h1-6,10-13,15,17-19H,(H,20,21). The van der Waals surface area contributed by atoms with E-state index in [-0.39, 0.29) is 5.75 Å². The van der Waals surface area contributed by atoms with Gasteiger partial charge >= 0.3 is 5.97 Å². The third kappa shape index (κ3) is 2.84. The molecule has 1 saturated heterocycles. The Labute approximate surface area is 130 Å². The molecule has 8 heteroatoms. The number of ether oxygens (including phenoxy) is 2. The van der Waals surface area contributed by atoms with Gasteiger partial charge in [-0.25, -0.2) is 4.79 Å². The molecular formula is C15H15NO7. The number of rotatable bonds is 3. The lowest BCUT2D eigenvalue weighted by Crippen LogP contribution is -2.61. The van der Waals surface area contributed by atoms with Crippen LogP contribution in [-0.4, -0.2) is 62.1 Å². The highest BCUT2D eigenvalue weighted by Gasteiger charge is 2.48. The van der Waals surface area contributed by atoms with Crippen LogP contribution in [0.1, 0.15) is 0 Å². The summed E-state index contributed by atoms with van der Waals surface area (Å²) in [4.78, 5) is 15.3. The van der Waals surface area contributed by atoms with Crippen LogP contribution in [0, 0.1) is 0 Å². The van der Waals surface area contributed by atoms with Gasteiger partial charge in [0, 0.05) is 11.6 Å². The quantitative estimate of drug-likeness (QED) is 0.596. The summed E-state index contributed by atoms with van der Waals surface area (Å²) < 4.78 is 10.6. The van der Waals surface area contributed by atoms with E-state index in [1.807, 2.05) is 12.1 Å². The van der Waals surface area contributed by atoms with Crippen molar-refractivity contribution >= 4 is 16.9 Å². The van der Waals surface area contributed by atoms with Gasteiger partial charge < -0.3 is 29.9 Å². The van der Waals surface area contributed by atoms with Crippen LogP contribution in [-0.2, 0) is 9.53 Å². The van der Waals surface area contributed by atoms with Crippen molar-refractivity contribution in [3.05, 3.63) is 36.5 Å². The fraction of sp³-hybridized carbons (Fsp3) is 0.333. The SMILES string of the molecule is O=C(O)C1OC(Oc2cccc3cccnc23)C(O)C(O)C1O. The number of nitrogens with zero attached hydrogens (tertiary/aromatic N) is 1. The monoisotopic (exact) mass is 321 g/mol. The summed E-state index contributed by atoms with van der Waals surface area (Å²) in [5.41, 5.74) is 0.498. The van der Waals surface area contributed by atoms with Gasteiger partial charge in [0.25, 0.3) is 0 Å². The minimum Gasteiger partial charge on any atom is -0.479 e. The fourth-order valence-corrected chi connectivity index (χ4v) is 2.45. The predicted octanol–water partition coefficient (Wildman–Crippen LogP) is -0.494. The average Bonchev–Trinajstić information content (AvgIpc) is 2.55. The molecule has 1 fully saturated rings. The van der Waals surface area contributed by atoms with Crippen molar-refractivity contribution in [1.29, 1.82) is 0 Å². The van der Waals surface area contributed by atoms with Gasteiger partial charge in [-0.05, 0) is 12.1 Å². The van der Waals surface area contributed by atoms with E-state index >= 15 is 0 Å². The first-order valence-electron chi connectivity index (χ1n) is 6.92. The summed E-state index contributed by atoms with van der Waals surface area (Å²) in [6.07, 6.45) is -6.68. The smallest absolute Gasteiger partial charge is 0.335 e. The number of hydrogen-bond donors (Lipinski definition) is 4. The van der Waals surface area contributed by atoms with Crippen molar-refractivity contribution in [2.45, 2.75) is 30.7 Å². The molecule has 23 heavy (non-hydrogen) atoms. The highest BCUT2D eigenvalue weighted by atomic mass is 16.7. The minimum atomic E-state index is -1.76. The van der Waals surface area contributed by atoms with Gasteiger partial charge in [0.15, 0.2) is 6.10 Å². The third-order valence-corrected chi connectivity index (χ3v) is 3.65. The number of aliphatic carboxylic acids is 1. The Hall–Kier alpha value is -2.26. The molecule has 5 atom stereocenters. The predicted molar refractivity (Wildman–Crippen MR) is 76.7 cm³/mol. The number of fused-ring (bicyclic) bond motifs is 1. The minimum absolute atomic E-state index is 0.264. The summed E-state index contributed by atoms with van der Waals surface area (Å²) in [7, 11) is 0. The maximum atomic E-state index is 11.1. The second-order valence-electron chi connectivity index (χ2n) is 5.18. The van der Waals surface area contributed by atoms with Crippen molar-refractivity contribution in [3.63, 3.8) is 0 Å². The van der Waals surface area contributed by atoms with Crippen molar-refractivity contribution in [2.75, 3.05) is 0 Å². The molecule has 0 radical (unpaired) electrons. The molecule has 0 bridgehead atoms. The first-order valence-corrected chi connectivity index (χ1v) is 6.92. The van der Waals surface area contributed by atoms with Gasteiger partial charge in [0.1, 0.15) is 29.6 Å². The lowest BCUT2D eigenvalue weighted by atomic mass is 9.99. The number of para-hydroxylation sites is 1. The van der Waals surface area contributed by atoms with E-state index < -0.39 is 36.7 Å². The largest absolute Gasteiger partial charge is 0.479 e. The molecule has 5 unspecified atom stereocenters. The highest BCUT2D eigenvalue weighted by molar-refractivity contribution is 5.84. The second-order valence-corrected chi connectivity index (χ2v) is 5.18. The molecule has 1 aromatic carbocycles. The molecule has 0 spiro atoms. The Morgan fingerprint density at radius 1 is 1.09 bits per heavy atom. The molecule has 0 saturated carbocycles. The second kappa shape index (κ2) is 6.09. The molecule has 8 nitrogen and oxygen atoms in total. The van der Waals surface area contributed by atoms with Crippen molar-refractivity contribution in [3.8, 4) is 5.75 Å². The highest BCUT2D eigenvalue weighted by Crippen LogP contribution is 2.28. The van der Waals surface area contributed by atoms with Crippen LogP contribution in [0.5, 0.6) is 5.75 Å². The van der Waals surface area contributed by atoms with Crippen LogP contribution in [0.2, 0.25) is 0 Å². The van der Waals surface area contributed by atoms with E-state index in [2.05, 4.69) is 4.98 Å². The van der Waals surface area contributed by atoms with Crippen LogP contribution >= 0.6 is 0 Å². The number of hydrogen-bond acceptors (Lipinski definition) is 7. The van der Waals surface area contributed by atoms with Gasteiger partial charge in [0.2, 0.25) is 6.29 Å². The van der Waals surface area contributed by atoms with Crippen molar-refractivity contribution in [2.24, 2.45) is 0 Å². The van der Waals surface area contributed by atoms with Crippen LogP contribution < -0.4 is 4.74 Å². The zero-order valence-corrected chi connectivity index (χ0v) is 11.8. The number of pyridine rings is 1. The Morgan fingerprint density at radius 2 is 1.83 bits per heavy atom. The molecule has 4 N–H and O–H groups in total. The molecular weight excluding hydrogens is 306 g/mol. The first-order chi connectivity index (χ1) is 11.0. The fourth-order valence-electron chi connectivity index (χ4n) is 2.45. The van der Waals surface area contributed by atoms with E-state index in [9.17, 15) is 20.1 Å². The van der Waals surface area contributed by atoms with Crippen molar-refractivity contribution in [1.82, 2.24) is 4.98 Å². The molecule has 1 aliphatic rings. The Bertz CT molecular complexity index is 717. The molecule has 2 aromatic rings. The zero-order chi connectivity index (χ0) is 16.6. The van der Waals surface area contributed by atoms with E-state index in [0.29, 0.717) is 5.52 Å². The van der Waals surface area contributed by atoms with E-state index in [1.165, 1.54) is 0 Å². The maximum absolute atomic E-state index is 11.1. The molecule has 1 aromatic heterocycles. The lowest BCUT2D eigenvalue weighted by Gasteiger charge is -2.38. The molecule has 1 aliphatic heterocycles. The van der Waals surface area contributed by atoms with Gasteiger partial charge in [-0.2, -0.15) is 0 Å². The van der Waals surface area contributed by atoms with Crippen LogP contribution in [0.4, 0.5) is 0 Å². The number of carboxylic acid groups (broad SMARTS) is 1. The third-order valence-electron chi connectivity index (χ3n) is 3.65. The molecule has 122 valence electrons. The summed E-state index contributed by atoms with van der Waals surface area (Å²) in [5.74, 6) is -1.20. The number of aromatic nitrogens is 1. The van der Waals surface area contributed by atoms with Gasteiger partial charge in [-0.15, -0.1) is 0 Å². The van der Waals surface area contributed by atoms with Crippen molar-refractivity contribution < 1.29 is 34.7 Å². The number of carbonyl (C=O) groups is 1. The number of benzene rings is 1. The van der Waals surface area contributed by atoms with E-state index in [0.717, 1.165) is 5.39 Å². The molecule has 0 aliphatic carbocycles. The van der Waals surface area contributed by atoms with Gasteiger partial charge in [0.05, 0.1) is 0 Å². The van der Waals surface area contributed by atoms with E-state index in [4.69, 9.17) is 14.6 Å². The lowest BCUT2D eigenvalue weighted by molar-refractivity contribution is -0.270. The number of aliphatic hydroxyl groups is 3. The average molecular weight is 321 g/mol. The summed E-state index contributed by atoms with van der Waals surface area (Å²) in [6.45, 7) is 0. The summed E-state index contributed by atoms with van der Waals surface area (Å²) in [6, 6.07) is 8.66. The number of aliphatic hydroxyl groups excluding tert-OH is 3. The maximum Gasteiger partial charge on any atom is 0.335 e. The van der Waals surface area contributed by atoms with Crippen LogP contribution in [0.25, 0.3) is 10.9 Å². The summed E-state index contributed by atoms with van der Waals surface area (Å²) >= 11 is 0. The van der Waals surface area contributed by atoms with E-state index in [1.54, 1.807) is 24.4 Å². The Balaban J connectivity index is 1.90. The Kier molecular flexibility index (Phi) is 4.14. The van der Waals surface area contributed by atoms with Gasteiger partial charge in [-0.1, -0.05) is 18.2 Å². The molecule has 2 heterocycles. The Morgan fingerprint density at radius 3 is 2.57 bits per heavy atom. The normalized spacial score (nSPS) is 31.0. The van der Waals surface area contributed by atoms with Crippen LogP contribution in [0.3, 0.4) is 0 Å². The first kappa shape index (κ1) is 15.6.